The van der Waals surface area contributed by atoms with Crippen LogP contribution >= 0.6 is 0 Å². The summed E-state index contributed by atoms with van der Waals surface area (Å²) in [5, 5.41) is 5.26. The van der Waals surface area contributed by atoms with Crippen molar-refractivity contribution in [1.29, 1.82) is 0 Å². The topological polar surface area (TPSA) is 50.4 Å². The van der Waals surface area contributed by atoms with Crippen LogP contribution in [-0.4, -0.2) is 26.2 Å². The van der Waals surface area contributed by atoms with E-state index < -0.39 is 0 Å². The van der Waals surface area contributed by atoms with Gasteiger partial charge < -0.3 is 15.4 Å². The van der Waals surface area contributed by atoms with Crippen LogP contribution in [-0.2, 0) is 4.74 Å². The van der Waals surface area contributed by atoms with E-state index in [1.807, 2.05) is 6.92 Å². The molecule has 0 saturated carbocycles. The Labute approximate surface area is 100 Å². The minimum atomic E-state index is -0.353. The average Bonchev–Trinajstić information content (AvgIpc) is 2.30. The fourth-order valence-electron chi connectivity index (χ4n) is 1.45. The lowest BCUT2D eigenvalue weighted by atomic mass is 10.1. The van der Waals surface area contributed by atoms with Crippen molar-refractivity contribution in [2.24, 2.45) is 0 Å². The Balaban J connectivity index is 2.57. The van der Waals surface area contributed by atoms with Gasteiger partial charge in [0.05, 0.1) is 6.10 Å². The molecule has 0 heterocycles. The van der Waals surface area contributed by atoms with Gasteiger partial charge in [-0.1, -0.05) is 12.1 Å². The van der Waals surface area contributed by atoms with Gasteiger partial charge in [-0.2, -0.15) is 0 Å². The highest BCUT2D eigenvalue weighted by molar-refractivity contribution is 5.73. The molecule has 1 aromatic rings. The molecule has 0 radical (unpaired) electrons. The zero-order valence-corrected chi connectivity index (χ0v) is 10.00. The number of carbonyl (C=O) groups is 1. The minimum absolute atomic E-state index is 0.258. The maximum atomic E-state index is 13.0. The van der Waals surface area contributed by atoms with Crippen LogP contribution in [0.1, 0.15) is 18.6 Å². The molecule has 0 saturated heterocycles. The van der Waals surface area contributed by atoms with Crippen LogP contribution in [0.2, 0.25) is 0 Å². The second kappa shape index (κ2) is 6.85. The van der Waals surface area contributed by atoms with E-state index in [-0.39, 0.29) is 18.0 Å². The quantitative estimate of drug-likeness (QED) is 0.825. The highest BCUT2D eigenvalue weighted by Crippen LogP contribution is 2.16. The van der Waals surface area contributed by atoms with Gasteiger partial charge in [0.2, 0.25) is 0 Å². The number of rotatable bonds is 5. The summed E-state index contributed by atoms with van der Waals surface area (Å²) < 4.78 is 18.2. The molecular weight excluding hydrogens is 223 g/mol. The monoisotopic (exact) mass is 240 g/mol. The minimum Gasteiger partial charge on any atom is -0.375 e. The van der Waals surface area contributed by atoms with Crippen LogP contribution < -0.4 is 10.6 Å². The molecule has 2 amide bonds. The third-order valence-corrected chi connectivity index (χ3v) is 2.29. The molecule has 0 fully saturated rings. The van der Waals surface area contributed by atoms with Gasteiger partial charge in [-0.05, 0) is 24.6 Å². The third-order valence-electron chi connectivity index (χ3n) is 2.29. The van der Waals surface area contributed by atoms with Crippen LogP contribution in [0.25, 0.3) is 0 Å². The van der Waals surface area contributed by atoms with Gasteiger partial charge in [-0.3, -0.25) is 0 Å². The summed E-state index contributed by atoms with van der Waals surface area (Å²) in [6.07, 6.45) is -0.353. The molecular formula is C12H17FN2O2. The molecule has 0 aliphatic carbocycles. The van der Waals surface area contributed by atoms with E-state index in [2.05, 4.69) is 10.6 Å². The molecule has 1 atom stereocenters. The van der Waals surface area contributed by atoms with Gasteiger partial charge in [-0.15, -0.1) is 0 Å². The van der Waals surface area contributed by atoms with Crippen molar-refractivity contribution >= 4 is 6.03 Å². The maximum Gasteiger partial charge on any atom is 0.314 e. The lowest BCUT2D eigenvalue weighted by molar-refractivity contribution is 0.104. The number of ether oxygens (including phenoxy) is 1. The lowest BCUT2D eigenvalue weighted by Gasteiger charge is -2.16. The number of amides is 2. The summed E-state index contributed by atoms with van der Waals surface area (Å²) in [5.74, 6) is -0.317. The second-order valence-corrected chi connectivity index (χ2v) is 3.52. The first-order valence-electron chi connectivity index (χ1n) is 5.47. The zero-order valence-electron chi connectivity index (χ0n) is 10.00. The predicted octanol–water partition coefficient (Wildman–Crippen LogP) is 1.83. The Morgan fingerprint density at radius 1 is 1.47 bits per heavy atom. The Morgan fingerprint density at radius 3 is 2.82 bits per heavy atom. The molecule has 0 spiro atoms. The van der Waals surface area contributed by atoms with E-state index in [0.717, 1.165) is 0 Å². The summed E-state index contributed by atoms with van der Waals surface area (Å²) in [7, 11) is 1.52. The largest absolute Gasteiger partial charge is 0.375 e. The summed E-state index contributed by atoms with van der Waals surface area (Å²) in [6.45, 7) is 2.69. The summed E-state index contributed by atoms with van der Waals surface area (Å²) in [5.41, 5.74) is 0.698. The standard InChI is InChI=1S/C12H17FN2O2/c1-3-14-12(16)15-8-11(17-2)9-5-4-6-10(13)7-9/h4-7,11H,3,8H2,1-2H3,(H2,14,15,16). The van der Waals surface area contributed by atoms with Crippen LogP contribution in [0.3, 0.4) is 0 Å². The molecule has 2 N–H and O–H groups in total. The van der Waals surface area contributed by atoms with Crippen molar-refractivity contribution in [2.75, 3.05) is 20.2 Å². The number of urea groups is 1. The average molecular weight is 240 g/mol. The molecule has 5 heteroatoms. The second-order valence-electron chi connectivity index (χ2n) is 3.52. The number of benzene rings is 1. The van der Waals surface area contributed by atoms with E-state index in [9.17, 15) is 9.18 Å². The van der Waals surface area contributed by atoms with Crippen LogP contribution in [0.15, 0.2) is 24.3 Å². The highest BCUT2D eigenvalue weighted by Gasteiger charge is 2.12. The molecule has 0 aliphatic rings. The molecule has 94 valence electrons. The number of methoxy groups -OCH3 is 1. The first-order valence-corrected chi connectivity index (χ1v) is 5.47. The number of halogens is 1. The first kappa shape index (κ1) is 13.4. The lowest BCUT2D eigenvalue weighted by Crippen LogP contribution is -2.37. The molecule has 17 heavy (non-hydrogen) atoms. The van der Waals surface area contributed by atoms with E-state index in [4.69, 9.17) is 4.74 Å². The van der Waals surface area contributed by atoms with Crippen LogP contribution in [0.4, 0.5) is 9.18 Å². The molecule has 0 aromatic heterocycles. The van der Waals surface area contributed by atoms with Gasteiger partial charge in [0.15, 0.2) is 0 Å². The Morgan fingerprint density at radius 2 is 2.24 bits per heavy atom. The Kier molecular flexibility index (Phi) is 5.42. The highest BCUT2D eigenvalue weighted by atomic mass is 19.1. The molecule has 4 nitrogen and oxygen atoms in total. The fourth-order valence-corrected chi connectivity index (χ4v) is 1.45. The summed E-state index contributed by atoms with van der Waals surface area (Å²) >= 11 is 0. The van der Waals surface area contributed by atoms with Crippen molar-refractivity contribution < 1.29 is 13.9 Å². The number of hydrogen-bond donors (Lipinski definition) is 2. The van der Waals surface area contributed by atoms with Gasteiger partial charge in [0.1, 0.15) is 5.82 Å². The van der Waals surface area contributed by atoms with Crippen molar-refractivity contribution in [3.63, 3.8) is 0 Å². The number of hydrogen-bond acceptors (Lipinski definition) is 2. The van der Waals surface area contributed by atoms with Crippen molar-refractivity contribution in [3.8, 4) is 0 Å². The fraction of sp³-hybridized carbons (Fsp3) is 0.417. The van der Waals surface area contributed by atoms with Crippen LogP contribution in [0.5, 0.6) is 0 Å². The third kappa shape index (κ3) is 4.40. The van der Waals surface area contributed by atoms with Crippen molar-refractivity contribution in [3.05, 3.63) is 35.6 Å². The Bertz CT molecular complexity index is 371. The molecule has 1 rings (SSSR count). The van der Waals surface area contributed by atoms with E-state index >= 15 is 0 Å². The smallest absolute Gasteiger partial charge is 0.314 e. The Hall–Kier alpha value is -1.62. The summed E-state index contributed by atoms with van der Waals surface area (Å²) in [6, 6.07) is 5.88. The molecule has 0 aliphatic heterocycles. The van der Waals surface area contributed by atoms with Gasteiger partial charge in [0, 0.05) is 20.2 Å². The molecule has 0 bridgehead atoms. The van der Waals surface area contributed by atoms with E-state index in [0.29, 0.717) is 18.7 Å². The number of nitrogens with one attached hydrogen (secondary N) is 2. The van der Waals surface area contributed by atoms with Crippen molar-refractivity contribution in [2.45, 2.75) is 13.0 Å². The molecule has 1 aromatic carbocycles. The van der Waals surface area contributed by atoms with E-state index in [1.165, 1.54) is 19.2 Å². The van der Waals surface area contributed by atoms with Gasteiger partial charge in [-0.25, -0.2) is 9.18 Å². The SMILES string of the molecule is CCNC(=O)NCC(OC)c1cccc(F)c1. The predicted molar refractivity (Wildman–Crippen MR) is 63.2 cm³/mol. The number of carbonyl (C=O) groups excluding carboxylic acids is 1. The zero-order chi connectivity index (χ0) is 12.7. The first-order chi connectivity index (χ1) is 8.17. The summed E-state index contributed by atoms with van der Waals surface area (Å²) in [4.78, 5) is 11.2. The van der Waals surface area contributed by atoms with E-state index in [1.54, 1.807) is 12.1 Å². The molecule has 1 unspecified atom stereocenters. The van der Waals surface area contributed by atoms with Crippen molar-refractivity contribution in [1.82, 2.24) is 10.6 Å². The maximum absolute atomic E-state index is 13.0. The van der Waals surface area contributed by atoms with Gasteiger partial charge >= 0.3 is 6.03 Å². The normalized spacial score (nSPS) is 11.9. The van der Waals surface area contributed by atoms with Crippen LogP contribution in [0, 0.1) is 5.82 Å². The van der Waals surface area contributed by atoms with Gasteiger partial charge in [0.25, 0.3) is 0 Å².